The monoisotopic (exact) mass is 581 g/mol. The molecule has 0 fully saturated rings. The molecule has 0 aromatic heterocycles. The van der Waals surface area contributed by atoms with Crippen molar-refractivity contribution in [2.24, 2.45) is 11.8 Å². The van der Waals surface area contributed by atoms with Gasteiger partial charge in [-0.1, -0.05) is 64.1 Å². The molecule has 8 nitrogen and oxygen atoms in total. The largest absolute Gasteiger partial charge is 0.508 e. The van der Waals surface area contributed by atoms with Crippen molar-refractivity contribution >= 4 is 17.9 Å². The molecule has 0 radical (unpaired) electrons. The van der Waals surface area contributed by atoms with E-state index in [1.165, 1.54) is 0 Å². The van der Waals surface area contributed by atoms with Crippen LogP contribution < -0.4 is 10.6 Å². The van der Waals surface area contributed by atoms with Gasteiger partial charge in [-0.3, -0.25) is 9.59 Å². The fourth-order valence-electron chi connectivity index (χ4n) is 4.80. The standard InChI is InChI=1S/C34H51N3O5/c1-22(2)15-16-25(6)37(32(40)28(19-23(3)4)36-33(41)42-34(7,8)9)30(27-17-18-29(38)24(5)20-27)31(39)35-21-26-13-11-10-12-14-26/h10-14,17-18,20,22-23,25,28,30,38H,15-16,19,21H2,1-9H3,(H,35,39)(H,36,41). The number of carbonyl (C=O) groups excluding carboxylic acids is 3. The summed E-state index contributed by atoms with van der Waals surface area (Å²) < 4.78 is 5.50. The van der Waals surface area contributed by atoms with Crippen LogP contribution in [0.1, 0.15) is 97.4 Å². The zero-order valence-corrected chi connectivity index (χ0v) is 26.9. The number of phenolic OH excluding ortho intramolecular Hbond substituents is 1. The lowest BCUT2D eigenvalue weighted by Crippen LogP contribution is -2.55. The van der Waals surface area contributed by atoms with E-state index in [0.29, 0.717) is 36.4 Å². The molecule has 0 saturated carbocycles. The average Bonchev–Trinajstić information content (AvgIpc) is 2.89. The first kappa shape index (κ1) is 34.7. The highest BCUT2D eigenvalue weighted by Gasteiger charge is 2.39. The molecule has 0 spiro atoms. The fourth-order valence-corrected chi connectivity index (χ4v) is 4.80. The molecule has 3 atom stereocenters. The minimum Gasteiger partial charge on any atom is -0.508 e. The van der Waals surface area contributed by atoms with Gasteiger partial charge in [-0.05, 0) is 94.5 Å². The maximum Gasteiger partial charge on any atom is 0.408 e. The lowest BCUT2D eigenvalue weighted by Gasteiger charge is -2.39. The van der Waals surface area contributed by atoms with Gasteiger partial charge in [-0.2, -0.15) is 0 Å². The number of hydrogen-bond acceptors (Lipinski definition) is 5. The topological polar surface area (TPSA) is 108 Å². The SMILES string of the molecule is Cc1cc(C(C(=O)NCc2ccccc2)N(C(=O)C(CC(C)C)NC(=O)OC(C)(C)C)C(C)CCC(C)C)ccc1O. The first-order valence-electron chi connectivity index (χ1n) is 15.0. The number of aromatic hydroxyl groups is 1. The van der Waals surface area contributed by atoms with Crippen LogP contribution in [0.5, 0.6) is 5.75 Å². The molecule has 2 aromatic carbocycles. The second-order valence-electron chi connectivity index (χ2n) is 13.0. The van der Waals surface area contributed by atoms with Crippen LogP contribution in [0, 0.1) is 18.8 Å². The molecule has 3 unspecified atom stereocenters. The van der Waals surface area contributed by atoms with Gasteiger partial charge in [-0.25, -0.2) is 4.79 Å². The molecular formula is C34H51N3O5. The van der Waals surface area contributed by atoms with Crippen molar-refractivity contribution in [2.45, 2.75) is 112 Å². The summed E-state index contributed by atoms with van der Waals surface area (Å²) in [5.74, 6) is -0.0946. The van der Waals surface area contributed by atoms with Crippen molar-refractivity contribution in [1.29, 1.82) is 0 Å². The Morgan fingerprint density at radius 1 is 0.929 bits per heavy atom. The van der Waals surface area contributed by atoms with E-state index in [1.807, 2.05) is 51.1 Å². The Morgan fingerprint density at radius 3 is 2.12 bits per heavy atom. The van der Waals surface area contributed by atoms with E-state index < -0.39 is 23.8 Å². The van der Waals surface area contributed by atoms with Gasteiger partial charge in [0.05, 0.1) is 0 Å². The van der Waals surface area contributed by atoms with Gasteiger partial charge in [0, 0.05) is 12.6 Å². The fraction of sp³-hybridized carbons (Fsp3) is 0.559. The summed E-state index contributed by atoms with van der Waals surface area (Å²) >= 11 is 0. The Balaban J connectivity index is 2.60. The van der Waals surface area contributed by atoms with Crippen LogP contribution in [-0.2, 0) is 20.9 Å². The quantitative estimate of drug-likeness (QED) is 0.245. The molecule has 0 heterocycles. The van der Waals surface area contributed by atoms with E-state index >= 15 is 0 Å². The normalized spacial score (nSPS) is 13.8. The lowest BCUT2D eigenvalue weighted by molar-refractivity contribution is -0.145. The van der Waals surface area contributed by atoms with Crippen LogP contribution in [0.25, 0.3) is 0 Å². The summed E-state index contributed by atoms with van der Waals surface area (Å²) in [6.07, 6.45) is 1.22. The van der Waals surface area contributed by atoms with Crippen molar-refractivity contribution in [3.8, 4) is 5.75 Å². The maximum atomic E-state index is 14.5. The molecular weight excluding hydrogens is 530 g/mol. The predicted octanol–water partition coefficient (Wildman–Crippen LogP) is 6.65. The number of phenols is 1. The number of benzene rings is 2. The number of alkyl carbamates (subject to hydrolysis) is 1. The third-order valence-electron chi connectivity index (χ3n) is 6.96. The van der Waals surface area contributed by atoms with Gasteiger partial charge < -0.3 is 25.4 Å². The summed E-state index contributed by atoms with van der Waals surface area (Å²) in [6, 6.07) is 12.4. The zero-order chi connectivity index (χ0) is 31.6. The van der Waals surface area contributed by atoms with E-state index in [4.69, 9.17) is 4.74 Å². The van der Waals surface area contributed by atoms with Gasteiger partial charge in [0.1, 0.15) is 23.4 Å². The van der Waals surface area contributed by atoms with Crippen LogP contribution in [-0.4, -0.2) is 45.6 Å². The molecule has 8 heteroatoms. The highest BCUT2D eigenvalue weighted by Crippen LogP contribution is 2.31. The van der Waals surface area contributed by atoms with Gasteiger partial charge >= 0.3 is 6.09 Å². The minimum atomic E-state index is -0.988. The van der Waals surface area contributed by atoms with Crippen LogP contribution in [0.3, 0.4) is 0 Å². The van der Waals surface area contributed by atoms with Gasteiger partial charge in [0.15, 0.2) is 0 Å². The average molecular weight is 582 g/mol. The molecule has 0 saturated heterocycles. The number of rotatable bonds is 13. The Labute approximate surface area is 252 Å². The molecule has 2 rings (SSSR count). The molecule has 42 heavy (non-hydrogen) atoms. The van der Waals surface area contributed by atoms with Gasteiger partial charge in [-0.15, -0.1) is 0 Å². The van der Waals surface area contributed by atoms with Crippen LogP contribution >= 0.6 is 0 Å². The van der Waals surface area contributed by atoms with E-state index in [1.54, 1.807) is 50.8 Å². The lowest BCUT2D eigenvalue weighted by atomic mass is 9.94. The van der Waals surface area contributed by atoms with Gasteiger partial charge in [0.25, 0.3) is 0 Å². The van der Waals surface area contributed by atoms with E-state index in [-0.39, 0.29) is 29.5 Å². The number of carbonyl (C=O) groups is 3. The number of nitrogens with zero attached hydrogens (tertiary/aromatic N) is 1. The molecule has 3 amide bonds. The van der Waals surface area contributed by atoms with Crippen LogP contribution in [0.2, 0.25) is 0 Å². The van der Waals surface area contributed by atoms with Crippen molar-refractivity contribution in [3.63, 3.8) is 0 Å². The number of ether oxygens (including phenoxy) is 1. The van der Waals surface area contributed by atoms with Gasteiger partial charge in [0.2, 0.25) is 11.8 Å². The van der Waals surface area contributed by atoms with Crippen molar-refractivity contribution in [1.82, 2.24) is 15.5 Å². The van der Waals surface area contributed by atoms with E-state index in [2.05, 4.69) is 24.5 Å². The number of amides is 3. The summed E-state index contributed by atoms with van der Waals surface area (Å²) in [6.45, 7) is 17.5. The highest BCUT2D eigenvalue weighted by molar-refractivity contribution is 5.92. The summed E-state index contributed by atoms with van der Waals surface area (Å²) in [4.78, 5) is 43.1. The first-order chi connectivity index (χ1) is 19.6. The zero-order valence-electron chi connectivity index (χ0n) is 26.9. The van der Waals surface area contributed by atoms with Crippen molar-refractivity contribution in [2.75, 3.05) is 0 Å². The van der Waals surface area contributed by atoms with E-state index in [0.717, 1.165) is 12.0 Å². The maximum absolute atomic E-state index is 14.5. The summed E-state index contributed by atoms with van der Waals surface area (Å²) in [5, 5.41) is 16.1. The molecule has 0 aliphatic heterocycles. The Hall–Kier alpha value is -3.55. The molecule has 232 valence electrons. The molecule has 3 N–H and O–H groups in total. The summed E-state index contributed by atoms with van der Waals surface area (Å²) in [7, 11) is 0. The Kier molecular flexibility index (Phi) is 12.9. The molecule has 0 aliphatic carbocycles. The van der Waals surface area contributed by atoms with Crippen molar-refractivity contribution in [3.05, 3.63) is 65.2 Å². The molecule has 2 aromatic rings. The smallest absolute Gasteiger partial charge is 0.408 e. The number of nitrogens with one attached hydrogen (secondary N) is 2. The first-order valence-corrected chi connectivity index (χ1v) is 15.0. The Morgan fingerprint density at radius 2 is 1.57 bits per heavy atom. The predicted molar refractivity (Wildman–Crippen MR) is 167 cm³/mol. The second kappa shape index (κ2) is 15.6. The van der Waals surface area contributed by atoms with E-state index in [9.17, 15) is 19.5 Å². The third-order valence-corrected chi connectivity index (χ3v) is 6.96. The van der Waals surface area contributed by atoms with Crippen LogP contribution in [0.4, 0.5) is 4.79 Å². The van der Waals surface area contributed by atoms with Crippen molar-refractivity contribution < 1.29 is 24.2 Å². The summed E-state index contributed by atoms with van der Waals surface area (Å²) in [5.41, 5.74) is 1.38. The number of hydrogen-bond donors (Lipinski definition) is 3. The highest BCUT2D eigenvalue weighted by atomic mass is 16.6. The number of aryl methyl sites for hydroxylation is 1. The Bertz CT molecular complexity index is 1170. The molecule has 0 bridgehead atoms. The molecule has 0 aliphatic rings. The third kappa shape index (κ3) is 11.0. The minimum absolute atomic E-state index is 0.0861. The van der Waals surface area contributed by atoms with Crippen LogP contribution in [0.15, 0.2) is 48.5 Å². The second-order valence-corrected chi connectivity index (χ2v) is 13.0.